The second-order valence-corrected chi connectivity index (χ2v) is 7.75. The van der Waals surface area contributed by atoms with Gasteiger partial charge in [-0.05, 0) is 25.0 Å². The molecule has 1 aliphatic carbocycles. The van der Waals surface area contributed by atoms with Crippen LogP contribution in [0, 0.1) is 0 Å². The van der Waals surface area contributed by atoms with E-state index in [9.17, 15) is 14.4 Å². The van der Waals surface area contributed by atoms with E-state index in [2.05, 4.69) is 5.32 Å². The van der Waals surface area contributed by atoms with Gasteiger partial charge in [0.15, 0.2) is 0 Å². The summed E-state index contributed by atoms with van der Waals surface area (Å²) >= 11 is 6.19. The van der Waals surface area contributed by atoms with Crippen molar-refractivity contribution in [3.63, 3.8) is 0 Å². The lowest BCUT2D eigenvalue weighted by Gasteiger charge is -2.30. The highest BCUT2D eigenvalue weighted by Crippen LogP contribution is 2.34. The summed E-state index contributed by atoms with van der Waals surface area (Å²) in [4.78, 5) is 38.5. The molecule has 0 aromatic heterocycles. The number of esters is 1. The Morgan fingerprint density at radius 3 is 2.54 bits per heavy atom. The lowest BCUT2D eigenvalue weighted by Crippen LogP contribution is -2.48. The summed E-state index contributed by atoms with van der Waals surface area (Å²) in [6.07, 6.45) is 4.18. The van der Waals surface area contributed by atoms with Gasteiger partial charge in [0.1, 0.15) is 11.3 Å². The number of imide groups is 1. The van der Waals surface area contributed by atoms with E-state index >= 15 is 0 Å². The third kappa shape index (κ3) is 3.33. The lowest BCUT2D eigenvalue weighted by atomic mass is 9.82. The zero-order chi connectivity index (χ0) is 19.7. The zero-order valence-corrected chi connectivity index (χ0v) is 16.1. The normalized spacial score (nSPS) is 18.5. The molecule has 1 saturated carbocycles. The van der Waals surface area contributed by atoms with Crippen molar-refractivity contribution in [2.75, 3.05) is 6.54 Å². The molecule has 0 unspecified atom stereocenters. The SMILES string of the molecule is O=C(CCN1C(=O)NC2(CCCCC2)C1=O)Oc1ccc(Cl)c2ccccc12. The van der Waals surface area contributed by atoms with Crippen molar-refractivity contribution >= 4 is 40.3 Å². The molecule has 0 bridgehead atoms. The maximum Gasteiger partial charge on any atom is 0.325 e. The number of hydrogen-bond donors (Lipinski definition) is 1. The molecule has 4 rings (SSSR count). The van der Waals surface area contributed by atoms with Gasteiger partial charge in [0.25, 0.3) is 5.91 Å². The van der Waals surface area contributed by atoms with E-state index in [0.29, 0.717) is 23.6 Å². The Morgan fingerprint density at radius 2 is 1.79 bits per heavy atom. The van der Waals surface area contributed by atoms with Crippen molar-refractivity contribution in [3.8, 4) is 5.75 Å². The Hall–Kier alpha value is -2.60. The number of benzene rings is 2. The average Bonchev–Trinajstić information content (AvgIpc) is 2.92. The van der Waals surface area contributed by atoms with Crippen molar-refractivity contribution in [3.05, 3.63) is 41.4 Å². The molecule has 146 valence electrons. The smallest absolute Gasteiger partial charge is 0.325 e. The predicted molar refractivity (Wildman–Crippen MR) is 105 cm³/mol. The first kappa shape index (κ1) is 18.7. The van der Waals surface area contributed by atoms with Crippen molar-refractivity contribution in [1.82, 2.24) is 10.2 Å². The van der Waals surface area contributed by atoms with Crippen LogP contribution >= 0.6 is 11.6 Å². The molecule has 1 aliphatic heterocycles. The van der Waals surface area contributed by atoms with Crippen LogP contribution in [0.25, 0.3) is 10.8 Å². The molecular weight excluding hydrogens is 380 g/mol. The quantitative estimate of drug-likeness (QED) is 0.477. The topological polar surface area (TPSA) is 75.7 Å². The van der Waals surface area contributed by atoms with Crippen LogP contribution in [0.4, 0.5) is 4.79 Å². The first-order chi connectivity index (χ1) is 13.5. The molecule has 1 saturated heterocycles. The molecule has 2 aromatic rings. The standard InChI is InChI=1S/C21H21ClN2O4/c22-16-8-9-17(15-7-3-2-6-14(15)16)28-18(25)10-13-24-19(26)21(23-20(24)27)11-4-1-5-12-21/h2-3,6-9H,1,4-5,10-13H2,(H,23,27). The van der Waals surface area contributed by atoms with E-state index in [-0.39, 0.29) is 18.9 Å². The number of nitrogens with zero attached hydrogens (tertiary/aromatic N) is 1. The second kappa shape index (κ2) is 7.43. The fourth-order valence-electron chi connectivity index (χ4n) is 4.07. The van der Waals surface area contributed by atoms with Crippen LogP contribution in [0.3, 0.4) is 0 Å². The van der Waals surface area contributed by atoms with Crippen molar-refractivity contribution in [2.45, 2.75) is 44.1 Å². The van der Waals surface area contributed by atoms with Gasteiger partial charge in [-0.3, -0.25) is 14.5 Å². The monoisotopic (exact) mass is 400 g/mol. The van der Waals surface area contributed by atoms with Crippen LogP contribution in [0.1, 0.15) is 38.5 Å². The summed E-state index contributed by atoms with van der Waals surface area (Å²) in [7, 11) is 0. The molecule has 2 aliphatic rings. The first-order valence-corrected chi connectivity index (χ1v) is 9.90. The van der Waals surface area contributed by atoms with E-state index in [1.165, 1.54) is 0 Å². The van der Waals surface area contributed by atoms with Gasteiger partial charge < -0.3 is 10.1 Å². The number of hydrogen-bond acceptors (Lipinski definition) is 4. The Balaban J connectivity index is 1.42. The highest BCUT2D eigenvalue weighted by Gasteiger charge is 2.51. The first-order valence-electron chi connectivity index (χ1n) is 9.52. The summed E-state index contributed by atoms with van der Waals surface area (Å²) in [5.74, 6) is -0.314. The van der Waals surface area contributed by atoms with Gasteiger partial charge >= 0.3 is 12.0 Å². The number of halogens is 1. The molecule has 2 fully saturated rings. The Kier molecular flexibility index (Phi) is 4.98. The van der Waals surface area contributed by atoms with Crippen molar-refractivity contribution < 1.29 is 19.1 Å². The molecular formula is C21H21ClN2O4. The number of urea groups is 1. The van der Waals surface area contributed by atoms with Gasteiger partial charge in [0, 0.05) is 22.3 Å². The number of nitrogens with one attached hydrogen (secondary N) is 1. The number of carbonyl (C=O) groups excluding carboxylic acids is 3. The summed E-state index contributed by atoms with van der Waals surface area (Å²) in [5.41, 5.74) is -0.772. The molecule has 7 heteroatoms. The molecule has 0 atom stereocenters. The maximum atomic E-state index is 12.8. The Morgan fingerprint density at radius 1 is 1.07 bits per heavy atom. The van der Waals surface area contributed by atoms with Gasteiger partial charge in [-0.15, -0.1) is 0 Å². The van der Waals surface area contributed by atoms with Crippen LogP contribution < -0.4 is 10.1 Å². The molecule has 6 nitrogen and oxygen atoms in total. The highest BCUT2D eigenvalue weighted by molar-refractivity contribution is 6.35. The Bertz CT molecular complexity index is 953. The third-order valence-electron chi connectivity index (χ3n) is 5.55. The number of carbonyl (C=O) groups is 3. The van der Waals surface area contributed by atoms with Crippen LogP contribution in [0.15, 0.2) is 36.4 Å². The molecule has 3 amide bonds. The van der Waals surface area contributed by atoms with Crippen molar-refractivity contribution in [2.24, 2.45) is 0 Å². The molecule has 1 spiro atoms. The molecule has 1 N–H and O–H groups in total. The fraction of sp³-hybridized carbons (Fsp3) is 0.381. The molecule has 2 aromatic carbocycles. The summed E-state index contributed by atoms with van der Waals surface area (Å²) in [6.45, 7) is 0.0107. The fourth-order valence-corrected chi connectivity index (χ4v) is 4.30. The van der Waals surface area contributed by atoms with E-state index in [0.717, 1.165) is 34.9 Å². The molecule has 1 heterocycles. The van der Waals surface area contributed by atoms with Gasteiger partial charge in [0.2, 0.25) is 0 Å². The largest absolute Gasteiger partial charge is 0.426 e. The average molecular weight is 401 g/mol. The Labute approximate surface area is 167 Å². The number of fused-ring (bicyclic) bond motifs is 1. The maximum absolute atomic E-state index is 12.8. The number of ether oxygens (including phenoxy) is 1. The van der Waals surface area contributed by atoms with E-state index in [4.69, 9.17) is 16.3 Å². The number of amides is 3. The minimum Gasteiger partial charge on any atom is -0.426 e. The van der Waals surface area contributed by atoms with E-state index in [1.54, 1.807) is 12.1 Å². The van der Waals surface area contributed by atoms with E-state index in [1.807, 2.05) is 24.3 Å². The van der Waals surface area contributed by atoms with Crippen molar-refractivity contribution in [1.29, 1.82) is 0 Å². The lowest BCUT2D eigenvalue weighted by molar-refractivity contribution is -0.136. The zero-order valence-electron chi connectivity index (χ0n) is 15.4. The molecule has 28 heavy (non-hydrogen) atoms. The minimum atomic E-state index is -0.772. The van der Waals surface area contributed by atoms with Crippen LogP contribution in [0.2, 0.25) is 5.02 Å². The van der Waals surface area contributed by atoms with Crippen LogP contribution in [0.5, 0.6) is 5.75 Å². The van der Waals surface area contributed by atoms with Gasteiger partial charge in [-0.1, -0.05) is 55.1 Å². The second-order valence-electron chi connectivity index (χ2n) is 7.34. The molecule has 0 radical (unpaired) electrons. The van der Waals surface area contributed by atoms with Gasteiger partial charge in [-0.25, -0.2) is 4.79 Å². The van der Waals surface area contributed by atoms with Crippen LogP contribution in [-0.4, -0.2) is 34.9 Å². The van der Waals surface area contributed by atoms with E-state index < -0.39 is 17.5 Å². The summed E-state index contributed by atoms with van der Waals surface area (Å²) in [6, 6.07) is 10.3. The summed E-state index contributed by atoms with van der Waals surface area (Å²) in [5, 5.41) is 4.95. The van der Waals surface area contributed by atoms with Gasteiger partial charge in [-0.2, -0.15) is 0 Å². The van der Waals surface area contributed by atoms with Crippen LogP contribution in [-0.2, 0) is 9.59 Å². The third-order valence-corrected chi connectivity index (χ3v) is 5.88. The predicted octanol–water partition coefficient (Wildman–Crippen LogP) is 4.04. The summed E-state index contributed by atoms with van der Waals surface area (Å²) < 4.78 is 5.48. The van der Waals surface area contributed by atoms with Gasteiger partial charge in [0.05, 0.1) is 6.42 Å². The minimum absolute atomic E-state index is 0.0107. The number of rotatable bonds is 4. The highest BCUT2D eigenvalue weighted by atomic mass is 35.5.